The van der Waals surface area contributed by atoms with Gasteiger partial charge in [-0.25, -0.2) is 8.42 Å². The lowest BCUT2D eigenvalue weighted by molar-refractivity contribution is -0.124. The minimum Gasteiger partial charge on any atom is -0.381 e. The fraction of sp³-hybridized carbons (Fsp3) is 0.429. The van der Waals surface area contributed by atoms with Crippen LogP contribution in [-0.4, -0.2) is 42.9 Å². The number of methoxy groups -OCH3 is 1. The van der Waals surface area contributed by atoms with E-state index >= 15 is 0 Å². The van der Waals surface area contributed by atoms with Crippen LogP contribution in [0.25, 0.3) is 0 Å². The highest BCUT2D eigenvalue weighted by Crippen LogP contribution is 2.33. The Morgan fingerprint density at radius 2 is 1.76 bits per heavy atom. The minimum atomic E-state index is -3.93. The van der Waals surface area contributed by atoms with Gasteiger partial charge in [0.15, 0.2) is 0 Å². The maximum absolute atomic E-state index is 13.5. The molecular formula is C21H27N3O4S. The molecule has 0 spiro atoms. The molecule has 1 aliphatic carbocycles. The van der Waals surface area contributed by atoms with Gasteiger partial charge in [0.25, 0.3) is 0 Å². The summed E-state index contributed by atoms with van der Waals surface area (Å²) in [6, 6.07) is 10.7. The number of pyridine rings is 1. The van der Waals surface area contributed by atoms with E-state index in [1.807, 2.05) is 0 Å². The Kier molecular flexibility index (Phi) is 7.00. The number of sulfonamides is 1. The molecule has 2 N–H and O–H groups in total. The number of nitrogens with two attached hydrogens (primary N) is 1. The van der Waals surface area contributed by atoms with Crippen LogP contribution in [0.4, 0.5) is 0 Å². The van der Waals surface area contributed by atoms with E-state index in [0.717, 1.165) is 18.4 Å². The predicted molar refractivity (Wildman–Crippen MR) is 109 cm³/mol. The van der Waals surface area contributed by atoms with Gasteiger partial charge in [-0.15, -0.1) is 0 Å². The van der Waals surface area contributed by atoms with Crippen LogP contribution >= 0.6 is 0 Å². The van der Waals surface area contributed by atoms with Crippen molar-refractivity contribution in [2.24, 2.45) is 11.7 Å². The fourth-order valence-corrected chi connectivity index (χ4v) is 5.64. The second-order valence-corrected chi connectivity index (χ2v) is 9.23. The molecule has 3 rings (SSSR count). The molecule has 1 heterocycles. The largest absolute Gasteiger partial charge is 0.381 e. The number of benzene rings is 1. The normalized spacial score (nSPS) is 21.0. The van der Waals surface area contributed by atoms with Crippen molar-refractivity contribution in [3.8, 4) is 0 Å². The molecule has 156 valence electrons. The van der Waals surface area contributed by atoms with Crippen LogP contribution in [0.3, 0.4) is 0 Å². The first-order valence-electron chi connectivity index (χ1n) is 9.71. The summed E-state index contributed by atoms with van der Waals surface area (Å²) in [7, 11) is -2.26. The maximum Gasteiger partial charge on any atom is 0.244 e. The minimum absolute atomic E-state index is 0.0531. The number of amides is 1. The van der Waals surface area contributed by atoms with Crippen molar-refractivity contribution >= 4 is 15.9 Å². The number of aromatic nitrogens is 1. The van der Waals surface area contributed by atoms with Gasteiger partial charge < -0.3 is 10.5 Å². The lowest BCUT2D eigenvalue weighted by Crippen LogP contribution is -2.52. The Morgan fingerprint density at radius 1 is 1.14 bits per heavy atom. The van der Waals surface area contributed by atoms with E-state index in [9.17, 15) is 13.2 Å². The molecule has 1 aliphatic rings. The molecule has 1 fully saturated rings. The van der Waals surface area contributed by atoms with Crippen molar-refractivity contribution in [1.82, 2.24) is 9.29 Å². The van der Waals surface area contributed by atoms with E-state index in [1.54, 1.807) is 49.8 Å². The third-order valence-corrected chi connectivity index (χ3v) is 7.38. The average molecular weight is 418 g/mol. The molecule has 2 aromatic rings. The van der Waals surface area contributed by atoms with Gasteiger partial charge in [-0.1, -0.05) is 18.2 Å². The van der Waals surface area contributed by atoms with Crippen LogP contribution in [0, 0.1) is 5.92 Å². The fourth-order valence-electron chi connectivity index (χ4n) is 3.98. The van der Waals surface area contributed by atoms with Crippen LogP contribution in [0.5, 0.6) is 0 Å². The third-order valence-electron chi connectivity index (χ3n) is 5.54. The summed E-state index contributed by atoms with van der Waals surface area (Å²) in [6.45, 7) is 0.0531. The molecule has 1 aromatic carbocycles. The zero-order valence-electron chi connectivity index (χ0n) is 16.5. The van der Waals surface area contributed by atoms with E-state index in [-0.39, 0.29) is 23.5 Å². The summed E-state index contributed by atoms with van der Waals surface area (Å²) in [5.74, 6) is -0.779. The summed E-state index contributed by atoms with van der Waals surface area (Å²) < 4.78 is 33.7. The van der Waals surface area contributed by atoms with Crippen molar-refractivity contribution in [3.63, 3.8) is 0 Å². The molecule has 0 saturated heterocycles. The molecule has 7 nitrogen and oxygen atoms in total. The van der Waals surface area contributed by atoms with Crippen molar-refractivity contribution < 1.29 is 17.9 Å². The highest BCUT2D eigenvalue weighted by atomic mass is 32.2. The van der Waals surface area contributed by atoms with E-state index in [1.165, 1.54) is 16.4 Å². The summed E-state index contributed by atoms with van der Waals surface area (Å²) in [5.41, 5.74) is 6.52. The predicted octanol–water partition coefficient (Wildman–Crippen LogP) is 2.33. The number of carbonyl (C=O) groups is 1. The zero-order chi connectivity index (χ0) is 20.9. The van der Waals surface area contributed by atoms with E-state index in [4.69, 9.17) is 10.5 Å². The molecule has 1 atom stereocenters. The second kappa shape index (κ2) is 9.47. The maximum atomic E-state index is 13.5. The summed E-state index contributed by atoms with van der Waals surface area (Å²) in [6.07, 6.45) is 6.27. The van der Waals surface area contributed by atoms with Crippen molar-refractivity contribution in [1.29, 1.82) is 0 Å². The Hall–Kier alpha value is -2.29. The van der Waals surface area contributed by atoms with Gasteiger partial charge in [0.2, 0.25) is 15.9 Å². The number of ether oxygens (including phenoxy) is 1. The molecule has 1 unspecified atom stereocenters. The number of hydrogen-bond donors (Lipinski definition) is 1. The van der Waals surface area contributed by atoms with Crippen molar-refractivity contribution in [2.75, 3.05) is 7.11 Å². The van der Waals surface area contributed by atoms with Crippen LogP contribution in [0.15, 0.2) is 59.8 Å². The molecule has 1 amide bonds. The molecule has 0 aliphatic heterocycles. The molecule has 0 radical (unpaired) electrons. The highest BCUT2D eigenvalue weighted by Gasteiger charge is 2.41. The number of primary amides is 1. The lowest BCUT2D eigenvalue weighted by Gasteiger charge is -2.37. The van der Waals surface area contributed by atoms with Crippen LogP contribution < -0.4 is 5.73 Å². The van der Waals surface area contributed by atoms with Gasteiger partial charge in [0, 0.05) is 26.0 Å². The van der Waals surface area contributed by atoms with Crippen LogP contribution in [0.2, 0.25) is 0 Å². The number of rotatable bonds is 8. The quantitative estimate of drug-likeness (QED) is 0.710. The van der Waals surface area contributed by atoms with E-state index in [0.29, 0.717) is 12.8 Å². The molecule has 1 aromatic heterocycles. The number of carbonyl (C=O) groups excluding carboxylic acids is 1. The van der Waals surface area contributed by atoms with E-state index < -0.39 is 22.0 Å². The standard InChI is InChI=1S/C21H27N3O4S/c1-28-18-9-7-17(8-10-18)20(21(22)25)24(15-16-11-13-23-14-12-16)29(26,27)19-5-3-2-4-6-19/h2-6,11-14,17-18,20H,7-10,15H2,1H3,(H2,22,25). The summed E-state index contributed by atoms with van der Waals surface area (Å²) >= 11 is 0. The van der Waals surface area contributed by atoms with Gasteiger partial charge in [-0.05, 0) is 61.4 Å². The van der Waals surface area contributed by atoms with Gasteiger partial charge in [-0.2, -0.15) is 4.31 Å². The van der Waals surface area contributed by atoms with Gasteiger partial charge in [0.05, 0.1) is 11.0 Å². The molecule has 1 saturated carbocycles. The Balaban J connectivity index is 1.99. The van der Waals surface area contributed by atoms with Gasteiger partial charge in [-0.3, -0.25) is 9.78 Å². The molecule has 0 bridgehead atoms. The highest BCUT2D eigenvalue weighted by molar-refractivity contribution is 7.89. The summed E-state index contributed by atoms with van der Waals surface area (Å²) in [5, 5.41) is 0. The number of hydrogen-bond acceptors (Lipinski definition) is 5. The van der Waals surface area contributed by atoms with E-state index in [2.05, 4.69) is 4.98 Å². The molecule has 29 heavy (non-hydrogen) atoms. The second-order valence-electron chi connectivity index (χ2n) is 7.34. The van der Waals surface area contributed by atoms with Gasteiger partial charge >= 0.3 is 0 Å². The first-order valence-corrected chi connectivity index (χ1v) is 11.2. The SMILES string of the molecule is COC1CCC(C(C(N)=O)N(Cc2ccncc2)S(=O)(=O)c2ccccc2)CC1. The number of nitrogens with zero attached hydrogens (tertiary/aromatic N) is 2. The monoisotopic (exact) mass is 417 g/mol. The lowest BCUT2D eigenvalue weighted by atomic mass is 9.82. The zero-order valence-corrected chi connectivity index (χ0v) is 17.3. The van der Waals surface area contributed by atoms with Crippen molar-refractivity contribution in [2.45, 2.75) is 49.3 Å². The molecule has 8 heteroatoms. The Morgan fingerprint density at radius 3 is 2.31 bits per heavy atom. The van der Waals surface area contributed by atoms with Crippen LogP contribution in [0.1, 0.15) is 31.2 Å². The average Bonchev–Trinajstić information content (AvgIpc) is 2.75. The van der Waals surface area contributed by atoms with Crippen LogP contribution in [-0.2, 0) is 26.1 Å². The Bertz CT molecular complexity index is 898. The smallest absolute Gasteiger partial charge is 0.244 e. The first-order chi connectivity index (χ1) is 13.9. The summed E-state index contributed by atoms with van der Waals surface area (Å²) in [4.78, 5) is 16.7. The Labute approximate surface area is 171 Å². The third kappa shape index (κ3) is 5.01. The topological polar surface area (TPSA) is 103 Å². The molecular weight excluding hydrogens is 390 g/mol. The van der Waals surface area contributed by atoms with Gasteiger partial charge in [0.1, 0.15) is 6.04 Å². The first kappa shape index (κ1) is 21.4. The van der Waals surface area contributed by atoms with Crippen molar-refractivity contribution in [3.05, 3.63) is 60.4 Å².